The van der Waals surface area contributed by atoms with E-state index in [0.717, 1.165) is 31.4 Å². The third-order valence-electron chi connectivity index (χ3n) is 7.59. The molecule has 1 aliphatic rings. The van der Waals surface area contributed by atoms with Crippen LogP contribution in [-0.2, 0) is 4.74 Å². The van der Waals surface area contributed by atoms with Crippen LogP contribution in [0.1, 0.15) is 67.2 Å². The molecule has 2 aromatic carbocycles. The molecule has 17 heteroatoms. The molecule has 0 spiro atoms. The summed E-state index contributed by atoms with van der Waals surface area (Å²) in [6.45, 7) is 7.07. The monoisotopic (exact) mass is 685 g/mol. The van der Waals surface area contributed by atoms with Crippen molar-refractivity contribution in [3.05, 3.63) is 67.8 Å². The fraction of sp³-hybridized carbons (Fsp3) is 0.469. The van der Waals surface area contributed by atoms with Crippen LogP contribution in [0.3, 0.4) is 0 Å². The van der Waals surface area contributed by atoms with Crippen LogP contribution < -0.4 is 31.6 Å². The molecule has 2 aromatic rings. The van der Waals surface area contributed by atoms with E-state index in [9.17, 15) is 34.6 Å². The number of likely N-dealkylation sites (tertiary alicyclic amines) is 1. The summed E-state index contributed by atoms with van der Waals surface area (Å²) < 4.78 is 16.6. The summed E-state index contributed by atoms with van der Waals surface area (Å²) in [5.74, 6) is -1.20. The summed E-state index contributed by atoms with van der Waals surface area (Å²) in [7, 11) is 1.29. The molecule has 1 heterocycles. The van der Waals surface area contributed by atoms with Crippen molar-refractivity contribution in [2.24, 2.45) is 17.4 Å². The van der Waals surface area contributed by atoms with Gasteiger partial charge >= 0.3 is 6.09 Å². The number of hydrogen-bond donors (Lipinski definition) is 4. The molecule has 266 valence electrons. The first-order valence-electron chi connectivity index (χ1n) is 15.6. The van der Waals surface area contributed by atoms with Crippen molar-refractivity contribution in [2.45, 2.75) is 52.1 Å². The Kier molecular flexibility index (Phi) is 13.1. The normalized spacial score (nSPS) is 13.5. The maximum absolute atomic E-state index is 12.3. The highest BCUT2D eigenvalue weighted by Gasteiger charge is 2.27. The number of nitrogens with one attached hydrogen (secondary N) is 2. The second-order valence-electron chi connectivity index (χ2n) is 12.3. The van der Waals surface area contributed by atoms with E-state index in [4.69, 9.17) is 25.7 Å². The number of nitrogens with two attached hydrogens (primary N) is 2. The molecule has 0 aromatic heterocycles. The van der Waals surface area contributed by atoms with Gasteiger partial charge < -0.3 is 41.2 Å². The SMILES string of the molecule is COc1cc(C(N)=O)cc([N+](=O)[O-])c1NCC=CCNc1c(OCCCC2CCN(C(=O)OC(C)(C)C)CC2)cc(C(N)=O)cc1[N+](=O)[O-]. The van der Waals surface area contributed by atoms with E-state index in [1.54, 1.807) is 17.1 Å². The molecule has 1 aliphatic heterocycles. The summed E-state index contributed by atoms with van der Waals surface area (Å²) in [4.78, 5) is 59.8. The number of carbonyl (C=O) groups excluding carboxylic acids is 3. The van der Waals surface area contributed by atoms with Crippen molar-refractivity contribution >= 4 is 40.7 Å². The first kappa shape index (κ1) is 37.8. The number of hydrogen-bond acceptors (Lipinski definition) is 12. The lowest BCUT2D eigenvalue weighted by molar-refractivity contribution is -0.384. The predicted octanol–water partition coefficient (Wildman–Crippen LogP) is 4.60. The Morgan fingerprint density at radius 2 is 1.39 bits per heavy atom. The Morgan fingerprint density at radius 1 is 0.898 bits per heavy atom. The lowest BCUT2D eigenvalue weighted by atomic mass is 9.92. The zero-order chi connectivity index (χ0) is 36.3. The van der Waals surface area contributed by atoms with Crippen LogP contribution in [0.2, 0.25) is 0 Å². The largest absolute Gasteiger partial charge is 0.494 e. The van der Waals surface area contributed by atoms with E-state index >= 15 is 0 Å². The molecule has 1 saturated heterocycles. The van der Waals surface area contributed by atoms with Crippen LogP contribution in [0.4, 0.5) is 27.5 Å². The lowest BCUT2D eigenvalue weighted by Crippen LogP contribution is -2.41. The zero-order valence-corrected chi connectivity index (χ0v) is 28.0. The van der Waals surface area contributed by atoms with Crippen LogP contribution in [0.5, 0.6) is 11.5 Å². The van der Waals surface area contributed by atoms with Gasteiger partial charge in [-0.2, -0.15) is 0 Å². The number of benzene rings is 2. The molecule has 0 atom stereocenters. The van der Waals surface area contributed by atoms with Gasteiger partial charge in [-0.25, -0.2) is 4.79 Å². The molecular weight excluding hydrogens is 642 g/mol. The van der Waals surface area contributed by atoms with Gasteiger partial charge in [0.25, 0.3) is 11.4 Å². The smallest absolute Gasteiger partial charge is 0.410 e. The third kappa shape index (κ3) is 11.0. The second kappa shape index (κ2) is 17.0. The Hall–Kier alpha value is -5.61. The van der Waals surface area contributed by atoms with Gasteiger partial charge in [0.15, 0.2) is 11.4 Å². The van der Waals surface area contributed by atoms with Crippen molar-refractivity contribution in [1.82, 2.24) is 4.90 Å². The van der Waals surface area contributed by atoms with E-state index < -0.39 is 38.6 Å². The first-order valence-corrected chi connectivity index (χ1v) is 15.6. The number of methoxy groups -OCH3 is 1. The lowest BCUT2D eigenvalue weighted by Gasteiger charge is -2.33. The summed E-state index contributed by atoms with van der Waals surface area (Å²) in [5.41, 5.74) is 9.26. The quantitative estimate of drug-likeness (QED) is 0.0820. The van der Waals surface area contributed by atoms with Crippen molar-refractivity contribution in [3.8, 4) is 11.5 Å². The van der Waals surface area contributed by atoms with Gasteiger partial charge in [-0.1, -0.05) is 12.2 Å². The summed E-state index contributed by atoms with van der Waals surface area (Å²) in [6.07, 6.45) is 6.00. The molecule has 6 N–H and O–H groups in total. The van der Waals surface area contributed by atoms with Crippen LogP contribution >= 0.6 is 0 Å². The predicted molar refractivity (Wildman–Crippen MR) is 181 cm³/mol. The maximum Gasteiger partial charge on any atom is 0.410 e. The van der Waals surface area contributed by atoms with Crippen molar-refractivity contribution < 1.29 is 38.4 Å². The minimum Gasteiger partial charge on any atom is -0.494 e. The van der Waals surface area contributed by atoms with Crippen molar-refractivity contribution in [1.29, 1.82) is 0 Å². The highest BCUT2D eigenvalue weighted by molar-refractivity contribution is 5.96. The summed E-state index contributed by atoms with van der Waals surface area (Å²) in [6, 6.07) is 4.75. The second-order valence-corrected chi connectivity index (χ2v) is 12.3. The molecule has 3 amide bonds. The fourth-order valence-electron chi connectivity index (χ4n) is 5.18. The van der Waals surface area contributed by atoms with Gasteiger partial charge in [-0.15, -0.1) is 0 Å². The fourth-order valence-corrected chi connectivity index (χ4v) is 5.18. The Bertz CT molecular complexity index is 1580. The van der Waals surface area contributed by atoms with E-state index in [-0.39, 0.29) is 59.8 Å². The third-order valence-corrected chi connectivity index (χ3v) is 7.59. The standard InChI is InChI=1S/C32H43N7O10/c1-32(2,3)49-31(42)37-13-9-20(10-14-37)8-7-15-48-26-19-22(30(34)41)17-24(39(45)46)28(26)36-12-6-5-11-35-27-23(38(43)44)16-21(29(33)40)18-25(27)47-4/h5-6,16-20,35-36H,7-15H2,1-4H3,(H2,33,40)(H2,34,41). The number of carbonyl (C=O) groups is 3. The van der Waals surface area contributed by atoms with E-state index in [1.165, 1.54) is 19.2 Å². The molecule has 0 aliphatic carbocycles. The maximum atomic E-state index is 12.3. The summed E-state index contributed by atoms with van der Waals surface area (Å²) >= 11 is 0. The topological polar surface area (TPSA) is 245 Å². The zero-order valence-electron chi connectivity index (χ0n) is 28.0. The van der Waals surface area contributed by atoms with Crippen molar-refractivity contribution in [2.75, 3.05) is 50.5 Å². The molecule has 0 bridgehead atoms. The molecule has 0 saturated carbocycles. The molecule has 17 nitrogen and oxygen atoms in total. The number of nitrogens with zero attached hydrogens (tertiary/aromatic N) is 3. The molecule has 49 heavy (non-hydrogen) atoms. The Morgan fingerprint density at radius 3 is 1.84 bits per heavy atom. The number of rotatable bonds is 16. The first-order chi connectivity index (χ1) is 23.1. The van der Waals surface area contributed by atoms with E-state index in [0.29, 0.717) is 25.4 Å². The van der Waals surface area contributed by atoms with Crippen LogP contribution in [0.25, 0.3) is 0 Å². The number of nitro groups is 2. The number of ether oxygens (including phenoxy) is 3. The van der Waals surface area contributed by atoms with Gasteiger partial charge in [0.05, 0.1) is 23.6 Å². The number of nitro benzene ring substituents is 2. The van der Waals surface area contributed by atoms with Crippen LogP contribution in [0.15, 0.2) is 36.4 Å². The summed E-state index contributed by atoms with van der Waals surface area (Å²) in [5, 5.41) is 29.4. The minimum atomic E-state index is -0.851. The van der Waals surface area contributed by atoms with E-state index in [2.05, 4.69) is 10.6 Å². The Labute approximate surface area is 283 Å². The van der Waals surface area contributed by atoms with Crippen LogP contribution in [-0.4, -0.2) is 78.2 Å². The highest BCUT2D eigenvalue weighted by Crippen LogP contribution is 2.37. The Balaban J connectivity index is 1.62. The number of piperidine rings is 1. The average molecular weight is 686 g/mol. The number of amides is 3. The molecule has 0 radical (unpaired) electrons. The molecule has 1 fully saturated rings. The molecular formula is C32H43N7O10. The van der Waals surface area contributed by atoms with Gasteiger partial charge in [0, 0.05) is 49.4 Å². The highest BCUT2D eigenvalue weighted by atomic mass is 16.6. The van der Waals surface area contributed by atoms with Gasteiger partial charge in [-0.3, -0.25) is 29.8 Å². The van der Waals surface area contributed by atoms with Gasteiger partial charge in [0.1, 0.15) is 17.1 Å². The van der Waals surface area contributed by atoms with Crippen molar-refractivity contribution in [3.63, 3.8) is 0 Å². The van der Waals surface area contributed by atoms with Gasteiger partial charge in [0.2, 0.25) is 11.8 Å². The molecule has 3 rings (SSSR count). The van der Waals surface area contributed by atoms with E-state index in [1.807, 2.05) is 20.8 Å². The minimum absolute atomic E-state index is 0.0390. The average Bonchev–Trinajstić information content (AvgIpc) is 3.03. The van der Waals surface area contributed by atoms with Gasteiger partial charge in [-0.05, 0) is 64.5 Å². The van der Waals surface area contributed by atoms with Crippen LogP contribution in [0, 0.1) is 26.1 Å². The number of anilines is 2. The number of primary amides is 2. The molecule has 0 unspecified atom stereocenters.